The fraction of sp³-hybridized carbons (Fsp3) is 0.571. The predicted molar refractivity (Wildman–Crippen MR) is 68.3 cm³/mol. The average molecular weight is 235 g/mol. The average Bonchev–Trinajstić information content (AvgIpc) is 2.41. The van der Waals surface area contributed by atoms with Gasteiger partial charge in [0.05, 0.1) is 13.2 Å². The molecule has 0 spiro atoms. The standard InChI is InChI=1S/C14H21NO2/c1-2-6-14(7-3-1)17-10-9-16-12-13-5-4-8-15-11-13/h1-3,6-7,13,15H,4-5,8-12H2/t13-/m0/s1. The summed E-state index contributed by atoms with van der Waals surface area (Å²) in [6.07, 6.45) is 2.56. The van der Waals surface area contributed by atoms with Gasteiger partial charge < -0.3 is 14.8 Å². The molecule has 94 valence electrons. The Morgan fingerprint density at radius 2 is 2.06 bits per heavy atom. The van der Waals surface area contributed by atoms with Crippen LogP contribution in [0.25, 0.3) is 0 Å². The normalized spacial score (nSPS) is 20.1. The molecule has 0 aliphatic carbocycles. The highest BCUT2D eigenvalue weighted by Gasteiger charge is 2.12. The van der Waals surface area contributed by atoms with Gasteiger partial charge in [0.2, 0.25) is 0 Å². The number of ether oxygens (including phenoxy) is 2. The molecule has 1 saturated heterocycles. The van der Waals surface area contributed by atoms with E-state index in [0.29, 0.717) is 19.1 Å². The number of benzene rings is 1. The Hall–Kier alpha value is -1.06. The van der Waals surface area contributed by atoms with Crippen LogP contribution < -0.4 is 10.1 Å². The molecule has 3 nitrogen and oxygen atoms in total. The van der Waals surface area contributed by atoms with E-state index in [2.05, 4.69) is 5.32 Å². The van der Waals surface area contributed by atoms with Crippen LogP contribution in [-0.4, -0.2) is 32.9 Å². The lowest BCUT2D eigenvalue weighted by molar-refractivity contribution is 0.0671. The SMILES string of the molecule is c1ccc(OCCOC[C@H]2CCCNC2)cc1. The van der Waals surface area contributed by atoms with Crippen molar-refractivity contribution >= 4 is 0 Å². The highest BCUT2D eigenvalue weighted by atomic mass is 16.5. The summed E-state index contributed by atoms with van der Waals surface area (Å²) in [4.78, 5) is 0. The van der Waals surface area contributed by atoms with Crippen LogP contribution >= 0.6 is 0 Å². The Morgan fingerprint density at radius 3 is 2.82 bits per heavy atom. The second kappa shape index (κ2) is 7.30. The summed E-state index contributed by atoms with van der Waals surface area (Å²) in [5.41, 5.74) is 0. The quantitative estimate of drug-likeness (QED) is 0.766. The third-order valence-electron chi connectivity index (χ3n) is 2.99. The topological polar surface area (TPSA) is 30.5 Å². The van der Waals surface area contributed by atoms with Crippen molar-refractivity contribution < 1.29 is 9.47 Å². The van der Waals surface area contributed by atoms with Crippen LogP contribution in [0.3, 0.4) is 0 Å². The fourth-order valence-electron chi connectivity index (χ4n) is 2.05. The Balaban J connectivity index is 1.51. The van der Waals surface area contributed by atoms with E-state index in [0.717, 1.165) is 25.4 Å². The number of nitrogens with one attached hydrogen (secondary N) is 1. The van der Waals surface area contributed by atoms with E-state index in [1.165, 1.54) is 12.8 Å². The summed E-state index contributed by atoms with van der Waals surface area (Å²) in [5.74, 6) is 1.59. The maximum Gasteiger partial charge on any atom is 0.119 e. The molecule has 1 fully saturated rings. The summed E-state index contributed by atoms with van der Waals surface area (Å²) in [5, 5.41) is 3.39. The zero-order chi connectivity index (χ0) is 11.8. The maximum atomic E-state index is 5.63. The van der Waals surface area contributed by atoms with E-state index in [4.69, 9.17) is 9.47 Å². The molecule has 1 N–H and O–H groups in total. The highest BCUT2D eigenvalue weighted by molar-refractivity contribution is 5.20. The van der Waals surface area contributed by atoms with Crippen LogP contribution in [-0.2, 0) is 4.74 Å². The van der Waals surface area contributed by atoms with Gasteiger partial charge in [-0.1, -0.05) is 18.2 Å². The van der Waals surface area contributed by atoms with Gasteiger partial charge in [-0.2, -0.15) is 0 Å². The summed E-state index contributed by atoms with van der Waals surface area (Å²) < 4.78 is 11.2. The van der Waals surface area contributed by atoms with Crippen molar-refractivity contribution in [1.29, 1.82) is 0 Å². The number of rotatable bonds is 6. The molecule has 0 unspecified atom stereocenters. The molecule has 0 bridgehead atoms. The van der Waals surface area contributed by atoms with Gasteiger partial charge in [0.1, 0.15) is 12.4 Å². The molecule has 1 aliphatic heterocycles. The van der Waals surface area contributed by atoms with Gasteiger partial charge in [-0.25, -0.2) is 0 Å². The lowest BCUT2D eigenvalue weighted by atomic mass is 10.0. The van der Waals surface area contributed by atoms with Gasteiger partial charge in [-0.05, 0) is 37.4 Å². The summed E-state index contributed by atoms with van der Waals surface area (Å²) in [7, 11) is 0. The van der Waals surface area contributed by atoms with Crippen molar-refractivity contribution in [3.63, 3.8) is 0 Å². The second-order valence-corrected chi connectivity index (χ2v) is 4.45. The molecule has 1 aromatic carbocycles. The second-order valence-electron chi connectivity index (χ2n) is 4.45. The van der Waals surface area contributed by atoms with E-state index >= 15 is 0 Å². The van der Waals surface area contributed by atoms with Crippen LogP contribution in [0.2, 0.25) is 0 Å². The van der Waals surface area contributed by atoms with Crippen LogP contribution in [0.15, 0.2) is 30.3 Å². The van der Waals surface area contributed by atoms with Crippen molar-refractivity contribution in [2.45, 2.75) is 12.8 Å². The Morgan fingerprint density at radius 1 is 1.18 bits per heavy atom. The monoisotopic (exact) mass is 235 g/mol. The Kier molecular flexibility index (Phi) is 5.33. The molecule has 0 aromatic heterocycles. The first-order valence-electron chi connectivity index (χ1n) is 6.41. The molecule has 0 saturated carbocycles. The van der Waals surface area contributed by atoms with Gasteiger partial charge in [-0.15, -0.1) is 0 Å². The summed E-state index contributed by atoms with van der Waals surface area (Å²) >= 11 is 0. The van der Waals surface area contributed by atoms with Crippen molar-refractivity contribution in [2.75, 3.05) is 32.9 Å². The zero-order valence-corrected chi connectivity index (χ0v) is 10.2. The van der Waals surface area contributed by atoms with Crippen LogP contribution in [0.5, 0.6) is 5.75 Å². The minimum Gasteiger partial charge on any atom is -0.491 e. The van der Waals surface area contributed by atoms with Gasteiger partial charge in [0, 0.05) is 6.54 Å². The molecule has 1 aliphatic rings. The Bertz CT molecular complexity index is 296. The van der Waals surface area contributed by atoms with Crippen molar-refractivity contribution in [1.82, 2.24) is 5.32 Å². The van der Waals surface area contributed by atoms with E-state index in [1.54, 1.807) is 0 Å². The lowest BCUT2D eigenvalue weighted by Crippen LogP contribution is -2.32. The third-order valence-corrected chi connectivity index (χ3v) is 2.99. The largest absolute Gasteiger partial charge is 0.491 e. The molecular weight excluding hydrogens is 214 g/mol. The van der Waals surface area contributed by atoms with Gasteiger partial charge in [0.25, 0.3) is 0 Å². The van der Waals surface area contributed by atoms with Gasteiger partial charge in [0.15, 0.2) is 0 Å². The minimum absolute atomic E-state index is 0.629. The van der Waals surface area contributed by atoms with Gasteiger partial charge >= 0.3 is 0 Å². The Labute approximate surface area is 103 Å². The molecule has 3 heteroatoms. The molecule has 0 radical (unpaired) electrons. The predicted octanol–water partition coefficient (Wildman–Crippen LogP) is 2.08. The molecule has 1 atom stereocenters. The van der Waals surface area contributed by atoms with Crippen LogP contribution in [0.4, 0.5) is 0 Å². The van der Waals surface area contributed by atoms with E-state index in [-0.39, 0.29) is 0 Å². The molecule has 0 amide bonds. The number of para-hydroxylation sites is 1. The third kappa shape index (κ3) is 4.75. The van der Waals surface area contributed by atoms with Crippen LogP contribution in [0, 0.1) is 5.92 Å². The summed E-state index contributed by atoms with van der Waals surface area (Å²) in [6, 6.07) is 9.86. The number of hydrogen-bond acceptors (Lipinski definition) is 3. The molecular formula is C14H21NO2. The van der Waals surface area contributed by atoms with Crippen molar-refractivity contribution in [3.05, 3.63) is 30.3 Å². The maximum absolute atomic E-state index is 5.63. The van der Waals surface area contributed by atoms with E-state index < -0.39 is 0 Å². The van der Waals surface area contributed by atoms with E-state index in [1.807, 2.05) is 30.3 Å². The van der Waals surface area contributed by atoms with Crippen molar-refractivity contribution in [3.8, 4) is 5.75 Å². The zero-order valence-electron chi connectivity index (χ0n) is 10.2. The lowest BCUT2D eigenvalue weighted by Gasteiger charge is -2.22. The molecule has 2 rings (SSSR count). The first-order valence-corrected chi connectivity index (χ1v) is 6.41. The number of piperidine rings is 1. The molecule has 1 aromatic rings. The first kappa shape index (κ1) is 12.4. The van der Waals surface area contributed by atoms with Gasteiger partial charge in [-0.3, -0.25) is 0 Å². The highest BCUT2D eigenvalue weighted by Crippen LogP contribution is 2.10. The van der Waals surface area contributed by atoms with Crippen LogP contribution in [0.1, 0.15) is 12.8 Å². The fourth-order valence-corrected chi connectivity index (χ4v) is 2.05. The summed E-state index contributed by atoms with van der Waals surface area (Å²) in [6.45, 7) is 4.41. The minimum atomic E-state index is 0.629. The molecule has 17 heavy (non-hydrogen) atoms. The number of hydrogen-bond donors (Lipinski definition) is 1. The van der Waals surface area contributed by atoms with E-state index in [9.17, 15) is 0 Å². The molecule has 1 heterocycles. The smallest absolute Gasteiger partial charge is 0.119 e. The van der Waals surface area contributed by atoms with Crippen molar-refractivity contribution in [2.24, 2.45) is 5.92 Å². The first-order chi connectivity index (χ1) is 8.45.